The molecule has 1 aliphatic heterocycles. The van der Waals surface area contributed by atoms with Crippen LogP contribution >= 0.6 is 0 Å². The van der Waals surface area contributed by atoms with Crippen LogP contribution in [0.25, 0.3) is 0 Å². The lowest BCUT2D eigenvalue weighted by atomic mass is 10.2. The van der Waals surface area contributed by atoms with Gasteiger partial charge in [-0.15, -0.1) is 0 Å². The summed E-state index contributed by atoms with van der Waals surface area (Å²) in [5.41, 5.74) is -0.469. The zero-order valence-electron chi connectivity index (χ0n) is 13.4. The van der Waals surface area contributed by atoms with Gasteiger partial charge >= 0.3 is 0 Å². The Morgan fingerprint density at radius 1 is 1.08 bits per heavy atom. The normalized spacial score (nSPS) is 16.1. The Morgan fingerprint density at radius 2 is 1.71 bits per heavy atom. The highest BCUT2D eigenvalue weighted by atomic mass is 32.2. The van der Waals surface area contributed by atoms with Gasteiger partial charge < -0.3 is 5.32 Å². The minimum atomic E-state index is -3.27. The van der Waals surface area contributed by atoms with Gasteiger partial charge in [0.1, 0.15) is 17.3 Å². The van der Waals surface area contributed by atoms with Crippen molar-refractivity contribution in [3.8, 4) is 0 Å². The Labute approximate surface area is 141 Å². The van der Waals surface area contributed by atoms with Crippen LogP contribution in [-0.2, 0) is 14.8 Å². The quantitative estimate of drug-likeness (QED) is 0.761. The van der Waals surface area contributed by atoms with Crippen LogP contribution in [0, 0.1) is 11.6 Å². The molecule has 0 aromatic heterocycles. The van der Waals surface area contributed by atoms with Gasteiger partial charge in [0, 0.05) is 19.5 Å². The molecule has 0 radical (unpaired) electrons. The third-order valence-corrected chi connectivity index (χ3v) is 5.95. The molecule has 0 spiro atoms. The third kappa shape index (κ3) is 5.24. The first-order chi connectivity index (χ1) is 11.4. The molecule has 134 valence electrons. The lowest BCUT2D eigenvalue weighted by molar-refractivity contribution is -0.116. The minimum absolute atomic E-state index is 0.00562. The number of halogens is 2. The topological polar surface area (TPSA) is 66.5 Å². The summed E-state index contributed by atoms with van der Waals surface area (Å²) in [5.74, 6) is -2.21. The van der Waals surface area contributed by atoms with Crippen LogP contribution < -0.4 is 5.32 Å². The predicted octanol–water partition coefficient (Wildman–Crippen LogP) is 2.89. The maximum absolute atomic E-state index is 13.4. The Hall–Kier alpha value is -1.54. The molecule has 1 aliphatic rings. The van der Waals surface area contributed by atoms with E-state index in [4.69, 9.17) is 0 Å². The van der Waals surface area contributed by atoms with E-state index in [1.54, 1.807) is 0 Å². The average molecular weight is 360 g/mol. The van der Waals surface area contributed by atoms with Crippen LogP contribution in [0.2, 0.25) is 0 Å². The number of rotatable bonds is 7. The molecule has 5 nitrogen and oxygen atoms in total. The third-order valence-electron chi connectivity index (χ3n) is 3.99. The fraction of sp³-hybridized carbons (Fsp3) is 0.562. The van der Waals surface area contributed by atoms with Crippen molar-refractivity contribution in [1.29, 1.82) is 0 Å². The number of carbonyl (C=O) groups excluding carboxylic acids is 1. The molecule has 2 rings (SSSR count). The summed E-state index contributed by atoms with van der Waals surface area (Å²) < 4.78 is 52.6. The predicted molar refractivity (Wildman–Crippen MR) is 88.0 cm³/mol. The molecule has 1 amide bonds. The number of hydrogen-bond acceptors (Lipinski definition) is 3. The van der Waals surface area contributed by atoms with E-state index >= 15 is 0 Å². The summed E-state index contributed by atoms with van der Waals surface area (Å²) in [6.45, 7) is 1.13. The number of carbonyl (C=O) groups is 1. The highest BCUT2D eigenvalue weighted by molar-refractivity contribution is 7.89. The number of nitrogens with one attached hydrogen (secondary N) is 1. The Kier molecular flexibility index (Phi) is 6.68. The van der Waals surface area contributed by atoms with Gasteiger partial charge in [0.25, 0.3) is 0 Å². The van der Waals surface area contributed by atoms with Gasteiger partial charge in [-0.05, 0) is 37.8 Å². The van der Waals surface area contributed by atoms with Crippen LogP contribution in [0.15, 0.2) is 18.2 Å². The van der Waals surface area contributed by atoms with E-state index in [1.165, 1.54) is 10.4 Å². The summed E-state index contributed by atoms with van der Waals surface area (Å²) in [5, 5.41) is 2.19. The molecular formula is C16H22F2N2O3S. The monoisotopic (exact) mass is 360 g/mol. The van der Waals surface area contributed by atoms with Crippen molar-refractivity contribution in [2.45, 2.75) is 38.5 Å². The number of piperidine rings is 1. The van der Waals surface area contributed by atoms with Crippen LogP contribution in [-0.4, -0.2) is 37.5 Å². The van der Waals surface area contributed by atoms with E-state index in [1.807, 2.05) is 0 Å². The number of anilines is 1. The second kappa shape index (κ2) is 8.53. The Balaban J connectivity index is 1.74. The van der Waals surface area contributed by atoms with Crippen LogP contribution in [0.5, 0.6) is 0 Å². The van der Waals surface area contributed by atoms with Gasteiger partial charge in [0.05, 0.1) is 5.75 Å². The Morgan fingerprint density at radius 3 is 2.33 bits per heavy atom. The lowest BCUT2D eigenvalue weighted by Gasteiger charge is -2.25. The molecule has 8 heteroatoms. The van der Waals surface area contributed by atoms with Crippen molar-refractivity contribution in [3.05, 3.63) is 29.8 Å². The van der Waals surface area contributed by atoms with Crippen molar-refractivity contribution in [2.75, 3.05) is 24.2 Å². The first-order valence-corrected chi connectivity index (χ1v) is 9.73. The highest BCUT2D eigenvalue weighted by Gasteiger charge is 2.23. The minimum Gasteiger partial charge on any atom is -0.321 e. The number of benzene rings is 1. The van der Waals surface area contributed by atoms with Crippen LogP contribution in [0.3, 0.4) is 0 Å². The zero-order valence-corrected chi connectivity index (χ0v) is 14.2. The van der Waals surface area contributed by atoms with Gasteiger partial charge in [-0.3, -0.25) is 4.79 Å². The van der Waals surface area contributed by atoms with Crippen molar-refractivity contribution in [3.63, 3.8) is 0 Å². The van der Waals surface area contributed by atoms with E-state index in [-0.39, 0.29) is 12.2 Å². The molecule has 1 N–H and O–H groups in total. The number of hydrogen-bond donors (Lipinski definition) is 1. The summed E-state index contributed by atoms with van der Waals surface area (Å²) in [4.78, 5) is 11.7. The number of unbranched alkanes of at least 4 members (excludes halogenated alkanes) is 1. The Bertz CT molecular complexity index is 654. The molecule has 1 heterocycles. The fourth-order valence-corrected chi connectivity index (χ4v) is 4.30. The van der Waals surface area contributed by atoms with E-state index in [0.717, 1.165) is 31.4 Å². The van der Waals surface area contributed by atoms with E-state index in [9.17, 15) is 22.0 Å². The van der Waals surface area contributed by atoms with Crippen molar-refractivity contribution in [1.82, 2.24) is 4.31 Å². The van der Waals surface area contributed by atoms with E-state index in [0.29, 0.717) is 25.9 Å². The molecule has 0 atom stereocenters. The van der Waals surface area contributed by atoms with Crippen molar-refractivity contribution < 1.29 is 22.0 Å². The molecule has 0 bridgehead atoms. The summed E-state index contributed by atoms with van der Waals surface area (Å²) in [7, 11) is -3.27. The van der Waals surface area contributed by atoms with E-state index < -0.39 is 33.3 Å². The second-order valence-electron chi connectivity index (χ2n) is 5.88. The number of sulfonamides is 1. The first kappa shape index (κ1) is 18.8. The largest absolute Gasteiger partial charge is 0.321 e. The fourth-order valence-electron chi connectivity index (χ4n) is 2.66. The van der Waals surface area contributed by atoms with Gasteiger partial charge in [-0.25, -0.2) is 21.5 Å². The molecule has 24 heavy (non-hydrogen) atoms. The molecule has 1 fully saturated rings. The lowest BCUT2D eigenvalue weighted by Crippen LogP contribution is -2.37. The first-order valence-electron chi connectivity index (χ1n) is 8.12. The van der Waals surface area contributed by atoms with Gasteiger partial charge in [0.2, 0.25) is 15.9 Å². The SMILES string of the molecule is O=C(CCCCS(=O)(=O)N1CCCCC1)Nc1c(F)cccc1F. The van der Waals surface area contributed by atoms with Crippen LogP contribution in [0.4, 0.5) is 14.5 Å². The molecule has 1 aromatic rings. The number of nitrogens with zero attached hydrogens (tertiary/aromatic N) is 1. The van der Waals surface area contributed by atoms with E-state index in [2.05, 4.69) is 5.32 Å². The maximum Gasteiger partial charge on any atom is 0.224 e. The average Bonchev–Trinajstić information content (AvgIpc) is 2.56. The zero-order chi connectivity index (χ0) is 17.6. The second-order valence-corrected chi connectivity index (χ2v) is 7.97. The molecule has 0 aliphatic carbocycles. The molecular weight excluding hydrogens is 338 g/mol. The summed E-state index contributed by atoms with van der Waals surface area (Å²) in [6, 6.07) is 3.33. The standard InChI is InChI=1S/C16H22F2N2O3S/c17-13-7-6-8-14(18)16(13)19-15(21)9-2-5-12-24(22,23)20-10-3-1-4-11-20/h6-8H,1-5,9-12H2,(H,19,21). The molecule has 0 unspecified atom stereocenters. The summed E-state index contributed by atoms with van der Waals surface area (Å²) >= 11 is 0. The maximum atomic E-state index is 13.4. The van der Waals surface area contributed by atoms with Crippen molar-refractivity contribution >= 4 is 21.6 Å². The van der Waals surface area contributed by atoms with Gasteiger partial charge in [-0.2, -0.15) is 0 Å². The van der Waals surface area contributed by atoms with Gasteiger partial charge in [-0.1, -0.05) is 12.5 Å². The molecule has 1 aromatic carbocycles. The smallest absolute Gasteiger partial charge is 0.224 e. The van der Waals surface area contributed by atoms with Crippen molar-refractivity contribution in [2.24, 2.45) is 0 Å². The number of amides is 1. The van der Waals surface area contributed by atoms with Crippen LogP contribution in [0.1, 0.15) is 38.5 Å². The number of para-hydroxylation sites is 1. The molecule has 1 saturated heterocycles. The van der Waals surface area contributed by atoms with Gasteiger partial charge in [0.15, 0.2) is 0 Å². The molecule has 0 saturated carbocycles. The highest BCUT2D eigenvalue weighted by Crippen LogP contribution is 2.19. The summed E-state index contributed by atoms with van der Waals surface area (Å²) in [6.07, 6.45) is 3.52.